The second-order valence-electron chi connectivity index (χ2n) is 9.01. The Bertz CT molecular complexity index is 1390. The number of nitrogens with zero attached hydrogens (tertiary/aromatic N) is 3. The highest BCUT2D eigenvalue weighted by molar-refractivity contribution is 5.47. The lowest BCUT2D eigenvalue weighted by Gasteiger charge is -2.40. The van der Waals surface area contributed by atoms with E-state index in [2.05, 4.69) is 9.80 Å². The summed E-state index contributed by atoms with van der Waals surface area (Å²) in [5, 5.41) is 11.0. The Labute approximate surface area is 207 Å². The van der Waals surface area contributed by atoms with Crippen LogP contribution >= 0.6 is 0 Å². The predicted octanol–water partition coefficient (Wildman–Crippen LogP) is 4.69. The maximum absolute atomic E-state index is 14.3. The SMILES string of the molecule is Cc1cc(O)c([C@H](c2cccc(F)c2)N2CCN(c3ccc(F)cc3)CC2)c(=O)n1Cc1ccco1. The number of rotatable bonds is 6. The summed E-state index contributed by atoms with van der Waals surface area (Å²) in [5.41, 5.74) is 1.95. The Morgan fingerprint density at radius 3 is 2.36 bits per heavy atom. The van der Waals surface area contributed by atoms with Crippen LogP contribution in [0.1, 0.15) is 28.6 Å². The van der Waals surface area contributed by atoms with Crippen LogP contribution in [0.25, 0.3) is 0 Å². The average Bonchev–Trinajstić information content (AvgIpc) is 3.38. The molecule has 0 spiro atoms. The molecule has 3 heterocycles. The van der Waals surface area contributed by atoms with E-state index in [1.165, 1.54) is 24.3 Å². The molecular weight excluding hydrogens is 464 g/mol. The van der Waals surface area contributed by atoms with Gasteiger partial charge in [0.05, 0.1) is 24.4 Å². The van der Waals surface area contributed by atoms with E-state index in [1.54, 1.807) is 60.2 Å². The molecule has 1 atom stereocenters. The molecule has 2 aromatic carbocycles. The van der Waals surface area contributed by atoms with Crippen LogP contribution in [0.5, 0.6) is 5.75 Å². The highest BCUT2D eigenvalue weighted by atomic mass is 19.1. The van der Waals surface area contributed by atoms with E-state index in [1.807, 2.05) is 0 Å². The molecule has 6 nitrogen and oxygen atoms in total. The van der Waals surface area contributed by atoms with Gasteiger partial charge in [0.2, 0.25) is 0 Å². The summed E-state index contributed by atoms with van der Waals surface area (Å²) in [6.07, 6.45) is 1.55. The molecule has 1 fully saturated rings. The van der Waals surface area contributed by atoms with Crippen LogP contribution < -0.4 is 10.5 Å². The Morgan fingerprint density at radius 2 is 1.69 bits per heavy atom. The number of hydrogen-bond donors (Lipinski definition) is 1. The van der Waals surface area contributed by atoms with Gasteiger partial charge in [-0.05, 0) is 67.1 Å². The number of aromatic nitrogens is 1. The number of piperazine rings is 1. The van der Waals surface area contributed by atoms with E-state index in [4.69, 9.17) is 4.42 Å². The smallest absolute Gasteiger partial charge is 0.260 e. The van der Waals surface area contributed by atoms with Crippen molar-refractivity contribution in [3.8, 4) is 5.75 Å². The molecule has 2 aromatic heterocycles. The molecule has 1 N–H and O–H groups in total. The summed E-state index contributed by atoms with van der Waals surface area (Å²) >= 11 is 0. The normalized spacial score (nSPS) is 15.2. The van der Waals surface area contributed by atoms with Crippen LogP contribution in [0.2, 0.25) is 0 Å². The molecule has 0 radical (unpaired) electrons. The Hall–Kier alpha value is -3.91. The van der Waals surface area contributed by atoms with Gasteiger partial charge in [0.25, 0.3) is 5.56 Å². The first kappa shape index (κ1) is 23.8. The van der Waals surface area contributed by atoms with Gasteiger partial charge in [0, 0.05) is 37.6 Å². The summed E-state index contributed by atoms with van der Waals surface area (Å²) < 4.78 is 34.7. The third-order valence-corrected chi connectivity index (χ3v) is 6.73. The zero-order valence-corrected chi connectivity index (χ0v) is 19.9. The second kappa shape index (κ2) is 9.99. The molecule has 1 saturated heterocycles. The van der Waals surface area contributed by atoms with E-state index in [9.17, 15) is 18.7 Å². The van der Waals surface area contributed by atoms with E-state index < -0.39 is 11.9 Å². The zero-order valence-electron chi connectivity index (χ0n) is 19.9. The van der Waals surface area contributed by atoms with Crippen molar-refractivity contribution < 1.29 is 18.3 Å². The van der Waals surface area contributed by atoms with E-state index in [-0.39, 0.29) is 29.2 Å². The number of halogens is 2. The lowest BCUT2D eigenvalue weighted by Crippen LogP contribution is -2.49. The first-order valence-corrected chi connectivity index (χ1v) is 11.9. The maximum atomic E-state index is 14.3. The molecule has 1 aliphatic heterocycles. The van der Waals surface area contributed by atoms with Gasteiger partial charge in [0.1, 0.15) is 23.1 Å². The molecule has 36 heavy (non-hydrogen) atoms. The summed E-state index contributed by atoms with van der Waals surface area (Å²) in [4.78, 5) is 18.0. The van der Waals surface area contributed by atoms with Gasteiger partial charge in [-0.25, -0.2) is 8.78 Å². The lowest BCUT2D eigenvalue weighted by atomic mass is 9.95. The molecule has 186 valence electrons. The third kappa shape index (κ3) is 4.77. The van der Waals surface area contributed by atoms with Crippen LogP contribution in [-0.4, -0.2) is 40.8 Å². The van der Waals surface area contributed by atoms with Gasteiger partial charge in [-0.15, -0.1) is 0 Å². The van der Waals surface area contributed by atoms with Gasteiger partial charge < -0.3 is 19.0 Å². The minimum absolute atomic E-state index is 0.122. The Kier molecular flexibility index (Phi) is 6.61. The van der Waals surface area contributed by atoms with Gasteiger partial charge in [-0.1, -0.05) is 12.1 Å². The molecular formula is C28H27F2N3O3. The fourth-order valence-corrected chi connectivity index (χ4v) is 4.91. The first-order valence-electron chi connectivity index (χ1n) is 11.9. The fraction of sp³-hybridized carbons (Fsp3) is 0.250. The maximum Gasteiger partial charge on any atom is 0.260 e. The van der Waals surface area contributed by atoms with Crippen LogP contribution in [0.15, 0.2) is 82.2 Å². The first-order chi connectivity index (χ1) is 17.4. The monoisotopic (exact) mass is 491 g/mol. The molecule has 0 amide bonds. The number of pyridine rings is 1. The number of anilines is 1. The van der Waals surface area contributed by atoms with Crippen LogP contribution in [0, 0.1) is 18.6 Å². The van der Waals surface area contributed by atoms with Crippen molar-refractivity contribution in [3.05, 3.63) is 118 Å². The minimum Gasteiger partial charge on any atom is -0.507 e. The van der Waals surface area contributed by atoms with Crippen molar-refractivity contribution in [1.82, 2.24) is 9.47 Å². The molecule has 4 aromatic rings. The fourth-order valence-electron chi connectivity index (χ4n) is 4.91. The highest BCUT2D eigenvalue weighted by Gasteiger charge is 2.32. The molecule has 0 saturated carbocycles. The molecule has 1 aliphatic rings. The Morgan fingerprint density at radius 1 is 0.944 bits per heavy atom. The number of aromatic hydroxyl groups is 1. The third-order valence-electron chi connectivity index (χ3n) is 6.73. The standard InChI is InChI=1S/C28H27F2N3O3/c1-19-16-25(34)26(28(35)33(19)18-24-6-3-15-36-24)27(20-4-2-5-22(30)17-20)32-13-11-31(12-14-32)23-9-7-21(29)8-10-23/h2-10,15-17,27,34H,11-14,18H2,1H3/t27-/m0/s1. The summed E-state index contributed by atoms with van der Waals surface area (Å²) in [7, 11) is 0. The average molecular weight is 492 g/mol. The summed E-state index contributed by atoms with van der Waals surface area (Å²) in [6.45, 7) is 4.36. The predicted molar refractivity (Wildman–Crippen MR) is 133 cm³/mol. The number of aryl methyl sites for hydroxylation is 1. The molecule has 8 heteroatoms. The second-order valence-corrected chi connectivity index (χ2v) is 9.01. The van der Waals surface area contributed by atoms with Gasteiger partial charge in [0.15, 0.2) is 0 Å². The van der Waals surface area contributed by atoms with Crippen molar-refractivity contribution in [2.24, 2.45) is 0 Å². The van der Waals surface area contributed by atoms with Crippen molar-refractivity contribution in [3.63, 3.8) is 0 Å². The molecule has 0 aliphatic carbocycles. The quantitative estimate of drug-likeness (QED) is 0.424. The van der Waals surface area contributed by atoms with Gasteiger partial charge >= 0.3 is 0 Å². The number of furan rings is 1. The molecule has 5 rings (SSSR count). The van der Waals surface area contributed by atoms with Crippen molar-refractivity contribution >= 4 is 5.69 Å². The van der Waals surface area contributed by atoms with Gasteiger partial charge in [-0.3, -0.25) is 9.69 Å². The van der Waals surface area contributed by atoms with E-state index in [0.717, 1.165) is 5.69 Å². The molecule has 0 unspecified atom stereocenters. The zero-order chi connectivity index (χ0) is 25.2. The largest absolute Gasteiger partial charge is 0.507 e. The van der Waals surface area contributed by atoms with Crippen molar-refractivity contribution in [1.29, 1.82) is 0 Å². The topological polar surface area (TPSA) is 61.9 Å². The van der Waals surface area contributed by atoms with Crippen molar-refractivity contribution in [2.45, 2.75) is 19.5 Å². The summed E-state index contributed by atoms with van der Waals surface area (Å²) in [6, 6.07) is 17.0. The van der Waals surface area contributed by atoms with E-state index in [0.29, 0.717) is 43.2 Å². The van der Waals surface area contributed by atoms with Crippen LogP contribution in [0.3, 0.4) is 0 Å². The Balaban J connectivity index is 1.52. The van der Waals surface area contributed by atoms with Crippen molar-refractivity contribution in [2.75, 3.05) is 31.1 Å². The highest BCUT2D eigenvalue weighted by Crippen LogP contribution is 2.34. The van der Waals surface area contributed by atoms with Crippen LogP contribution in [-0.2, 0) is 6.54 Å². The molecule has 0 bridgehead atoms. The number of benzene rings is 2. The van der Waals surface area contributed by atoms with Gasteiger partial charge in [-0.2, -0.15) is 0 Å². The van der Waals surface area contributed by atoms with Crippen LogP contribution in [0.4, 0.5) is 14.5 Å². The summed E-state index contributed by atoms with van der Waals surface area (Å²) in [5.74, 6) is -0.204. The minimum atomic E-state index is -0.646. The lowest BCUT2D eigenvalue weighted by molar-refractivity contribution is 0.207. The number of hydrogen-bond acceptors (Lipinski definition) is 5. The van der Waals surface area contributed by atoms with E-state index >= 15 is 0 Å².